The number of aromatic nitrogens is 2. The first kappa shape index (κ1) is 32.3. The molecule has 0 aliphatic carbocycles. The highest BCUT2D eigenvalue weighted by atomic mass is 16.5. The number of hydrogen-bond acceptors (Lipinski definition) is 7. The third-order valence-electron chi connectivity index (χ3n) is 8.32. The molecule has 0 amide bonds. The van der Waals surface area contributed by atoms with Crippen molar-refractivity contribution in [3.63, 3.8) is 0 Å². The summed E-state index contributed by atoms with van der Waals surface area (Å²) in [5, 5.41) is 10.3. The van der Waals surface area contributed by atoms with E-state index >= 15 is 0 Å². The largest absolute Gasteiger partial charge is 0.492 e. The number of benzene rings is 1. The Morgan fingerprint density at radius 3 is 2.33 bits per heavy atom. The number of aryl methyl sites for hydroxylation is 3. The maximum Gasteiger partial charge on any atom is 0.337 e. The van der Waals surface area contributed by atoms with E-state index in [2.05, 4.69) is 54.6 Å². The number of carboxylic acid groups (broad SMARTS) is 1. The van der Waals surface area contributed by atoms with E-state index in [1.54, 1.807) is 0 Å². The lowest BCUT2D eigenvalue weighted by Gasteiger charge is -2.40. The van der Waals surface area contributed by atoms with Crippen LogP contribution in [-0.4, -0.2) is 59.9 Å². The van der Waals surface area contributed by atoms with Gasteiger partial charge in [0.1, 0.15) is 12.4 Å². The Morgan fingerprint density at radius 1 is 1.05 bits per heavy atom. The van der Waals surface area contributed by atoms with Crippen molar-refractivity contribution < 1.29 is 19.4 Å². The quantitative estimate of drug-likeness (QED) is 0.267. The molecule has 1 aliphatic rings. The zero-order valence-electron chi connectivity index (χ0n) is 27.3. The van der Waals surface area contributed by atoms with E-state index in [1.807, 2.05) is 65.3 Å². The minimum Gasteiger partial charge on any atom is -0.492 e. The van der Waals surface area contributed by atoms with Crippen LogP contribution < -0.4 is 14.5 Å². The summed E-state index contributed by atoms with van der Waals surface area (Å²) in [5.41, 5.74) is 6.69. The van der Waals surface area contributed by atoms with Crippen molar-refractivity contribution in [1.82, 2.24) is 9.97 Å². The van der Waals surface area contributed by atoms with E-state index in [-0.39, 0.29) is 5.41 Å². The van der Waals surface area contributed by atoms with Gasteiger partial charge in [0.25, 0.3) is 0 Å². The second-order valence-electron chi connectivity index (χ2n) is 13.5. The molecule has 43 heavy (non-hydrogen) atoms. The van der Waals surface area contributed by atoms with Gasteiger partial charge in [-0.1, -0.05) is 19.9 Å². The summed E-state index contributed by atoms with van der Waals surface area (Å²) in [5.74, 6) is -0.153. The van der Waals surface area contributed by atoms with Crippen molar-refractivity contribution in [3.8, 4) is 17.0 Å². The first-order valence-corrected chi connectivity index (χ1v) is 15.2. The maximum absolute atomic E-state index is 12.6. The van der Waals surface area contributed by atoms with Crippen molar-refractivity contribution in [2.45, 2.75) is 79.9 Å². The van der Waals surface area contributed by atoms with Crippen LogP contribution in [0.3, 0.4) is 0 Å². The predicted molar refractivity (Wildman–Crippen MR) is 173 cm³/mol. The zero-order chi connectivity index (χ0) is 31.5. The molecule has 0 unspecified atom stereocenters. The van der Waals surface area contributed by atoms with Gasteiger partial charge in [-0.05, 0) is 95.2 Å². The molecular weight excluding hydrogens is 540 g/mol. The molecule has 1 fully saturated rings. The van der Waals surface area contributed by atoms with E-state index in [0.717, 1.165) is 54.3 Å². The monoisotopic (exact) mass is 588 g/mol. The number of carboxylic acids is 1. The second kappa shape index (κ2) is 12.9. The summed E-state index contributed by atoms with van der Waals surface area (Å²) in [6, 6.07) is 10.2. The number of aliphatic carboxylic acids is 1. The number of rotatable bonds is 10. The minimum absolute atomic E-state index is 0.236. The minimum atomic E-state index is -1.15. The average molecular weight is 589 g/mol. The molecule has 8 heteroatoms. The fourth-order valence-electron chi connectivity index (χ4n) is 5.38. The summed E-state index contributed by atoms with van der Waals surface area (Å²) in [6.07, 6.45) is 4.54. The number of anilines is 2. The molecule has 0 saturated carbocycles. The number of likely N-dealkylation sites (N-methyl/N-ethyl adjacent to an activating group) is 1. The van der Waals surface area contributed by atoms with Crippen LogP contribution in [0.5, 0.6) is 5.75 Å². The van der Waals surface area contributed by atoms with Crippen LogP contribution in [0.4, 0.5) is 11.4 Å². The Balaban J connectivity index is 1.63. The Labute approximate surface area is 257 Å². The Hall–Kier alpha value is -3.65. The number of hydrogen-bond donors (Lipinski definition) is 1. The number of piperidine rings is 1. The van der Waals surface area contributed by atoms with Crippen LogP contribution in [0.25, 0.3) is 11.3 Å². The van der Waals surface area contributed by atoms with Gasteiger partial charge in [-0.25, -0.2) is 4.79 Å². The van der Waals surface area contributed by atoms with Crippen LogP contribution in [0.2, 0.25) is 0 Å². The molecule has 2 aromatic heterocycles. The van der Waals surface area contributed by atoms with Crippen molar-refractivity contribution in [2.24, 2.45) is 5.41 Å². The third kappa shape index (κ3) is 8.05. The van der Waals surface area contributed by atoms with Gasteiger partial charge in [0.15, 0.2) is 6.10 Å². The number of pyridine rings is 2. The lowest BCUT2D eigenvalue weighted by atomic mass is 9.82. The molecule has 232 valence electrons. The van der Waals surface area contributed by atoms with Gasteiger partial charge in [-0.3, -0.25) is 9.97 Å². The first-order chi connectivity index (χ1) is 20.1. The molecule has 8 nitrogen and oxygen atoms in total. The summed E-state index contributed by atoms with van der Waals surface area (Å²) in [7, 11) is 2.02. The average Bonchev–Trinajstić information content (AvgIpc) is 2.93. The van der Waals surface area contributed by atoms with Crippen molar-refractivity contribution in [3.05, 3.63) is 65.1 Å². The molecule has 3 aromatic rings. The second-order valence-corrected chi connectivity index (χ2v) is 13.5. The van der Waals surface area contributed by atoms with Crippen LogP contribution in [0, 0.1) is 26.2 Å². The molecule has 4 rings (SSSR count). The van der Waals surface area contributed by atoms with Gasteiger partial charge in [-0.15, -0.1) is 0 Å². The molecule has 1 N–H and O–H groups in total. The van der Waals surface area contributed by atoms with Crippen molar-refractivity contribution in [1.29, 1.82) is 0 Å². The highest BCUT2D eigenvalue weighted by Gasteiger charge is 2.36. The van der Waals surface area contributed by atoms with Crippen LogP contribution in [-0.2, 0) is 9.53 Å². The standard InChI is InChI=1S/C35H48N4O4/c1-23-10-12-27(20-24(23)2)42-19-18-38(9)26-11-13-29(37-21-26)28-22-36-25(3)30(32(33(40)41)43-34(4,5)6)31(28)39-16-14-35(7,8)15-17-39/h10-13,20-22,32H,14-19H2,1-9H3,(H,40,41)/t32-/m0/s1. The molecule has 3 heterocycles. The smallest absolute Gasteiger partial charge is 0.337 e. The lowest BCUT2D eigenvalue weighted by Crippen LogP contribution is -2.39. The molecule has 1 aliphatic heterocycles. The zero-order valence-corrected chi connectivity index (χ0v) is 27.3. The van der Waals surface area contributed by atoms with E-state index in [1.165, 1.54) is 11.1 Å². The van der Waals surface area contributed by atoms with Gasteiger partial charge in [0, 0.05) is 43.2 Å². The molecule has 0 bridgehead atoms. The van der Waals surface area contributed by atoms with Gasteiger partial charge >= 0.3 is 5.97 Å². The summed E-state index contributed by atoms with van der Waals surface area (Å²) < 4.78 is 12.1. The van der Waals surface area contributed by atoms with E-state index in [9.17, 15) is 9.90 Å². The molecule has 1 aromatic carbocycles. The molecular formula is C35H48N4O4. The number of ether oxygens (including phenoxy) is 2. The summed E-state index contributed by atoms with van der Waals surface area (Å²) in [6.45, 7) is 19.1. The fourth-order valence-corrected chi connectivity index (χ4v) is 5.38. The third-order valence-corrected chi connectivity index (χ3v) is 8.32. The first-order valence-electron chi connectivity index (χ1n) is 15.2. The molecule has 1 saturated heterocycles. The Morgan fingerprint density at radius 2 is 1.74 bits per heavy atom. The SMILES string of the molecule is Cc1ccc(OCCN(C)c2ccc(-c3cnc(C)c([C@H](OC(C)(C)C)C(=O)O)c3N3CCC(C)(C)CC3)nc2)cc1C. The van der Waals surface area contributed by atoms with E-state index < -0.39 is 17.7 Å². The van der Waals surface area contributed by atoms with Crippen LogP contribution in [0.1, 0.15) is 75.9 Å². The summed E-state index contributed by atoms with van der Waals surface area (Å²) >= 11 is 0. The number of nitrogens with zero attached hydrogens (tertiary/aromatic N) is 4. The van der Waals surface area contributed by atoms with Gasteiger partial charge < -0.3 is 24.4 Å². The van der Waals surface area contributed by atoms with Gasteiger partial charge in [0.2, 0.25) is 0 Å². The van der Waals surface area contributed by atoms with E-state index in [4.69, 9.17) is 14.5 Å². The molecule has 0 spiro atoms. The highest BCUT2D eigenvalue weighted by molar-refractivity contribution is 5.85. The fraction of sp³-hybridized carbons (Fsp3) is 0.514. The Bertz CT molecular complexity index is 1420. The topological polar surface area (TPSA) is 88.0 Å². The highest BCUT2D eigenvalue weighted by Crippen LogP contribution is 2.43. The van der Waals surface area contributed by atoms with Gasteiger partial charge in [-0.2, -0.15) is 0 Å². The maximum atomic E-state index is 12.6. The Kier molecular flexibility index (Phi) is 9.70. The normalized spacial score (nSPS) is 15.7. The number of carbonyl (C=O) groups is 1. The summed E-state index contributed by atoms with van der Waals surface area (Å²) in [4.78, 5) is 26.6. The van der Waals surface area contributed by atoms with Crippen molar-refractivity contribution >= 4 is 17.3 Å². The van der Waals surface area contributed by atoms with Crippen LogP contribution in [0.15, 0.2) is 42.7 Å². The predicted octanol–water partition coefficient (Wildman–Crippen LogP) is 7.15. The van der Waals surface area contributed by atoms with Crippen molar-refractivity contribution in [2.75, 3.05) is 43.1 Å². The van der Waals surface area contributed by atoms with E-state index in [0.29, 0.717) is 24.4 Å². The van der Waals surface area contributed by atoms with Gasteiger partial charge in [0.05, 0.1) is 35.4 Å². The molecule has 0 radical (unpaired) electrons. The molecule has 1 atom stereocenters. The van der Waals surface area contributed by atoms with Crippen LogP contribution >= 0.6 is 0 Å². The lowest BCUT2D eigenvalue weighted by molar-refractivity contribution is -0.160.